The maximum Gasteiger partial charge on any atom is 0.220 e. The summed E-state index contributed by atoms with van der Waals surface area (Å²) in [4.78, 5) is 12.0. The summed E-state index contributed by atoms with van der Waals surface area (Å²) in [5.41, 5.74) is 15.9. The summed E-state index contributed by atoms with van der Waals surface area (Å²) in [6.45, 7) is 0. The van der Waals surface area contributed by atoms with Crippen molar-refractivity contribution >= 4 is 11.9 Å². The van der Waals surface area contributed by atoms with Crippen LogP contribution in [0.3, 0.4) is 0 Å². The van der Waals surface area contributed by atoms with Gasteiger partial charge in [0.15, 0.2) is 5.96 Å². The zero-order valence-corrected chi connectivity index (χ0v) is 9.04. The molecule has 0 aliphatic heterocycles. The van der Waals surface area contributed by atoms with Gasteiger partial charge >= 0.3 is 0 Å². The van der Waals surface area contributed by atoms with E-state index in [0.717, 1.165) is 11.4 Å². The first-order chi connectivity index (χ1) is 8.09. The second-order valence-corrected chi connectivity index (χ2v) is 2.97. The van der Waals surface area contributed by atoms with E-state index in [-0.39, 0.29) is 11.9 Å². The molecule has 17 heavy (non-hydrogen) atoms. The molecule has 0 atom stereocenters. The Bertz CT molecular complexity index is 479. The summed E-state index contributed by atoms with van der Waals surface area (Å²) in [7, 11) is 0. The quantitative estimate of drug-likeness (QED) is 0.401. The fourth-order valence-corrected chi connectivity index (χ4v) is 1.03. The first-order valence-corrected chi connectivity index (χ1v) is 4.69. The monoisotopic (exact) mass is 231 g/mol. The molecule has 88 valence electrons. The van der Waals surface area contributed by atoms with Gasteiger partial charge in [-0.3, -0.25) is 10.4 Å². The average molecular weight is 231 g/mol. The van der Waals surface area contributed by atoms with E-state index in [1.54, 1.807) is 18.5 Å². The Morgan fingerprint density at radius 2 is 1.71 bits per heavy atom. The number of hydrogen-bond donors (Lipinski definition) is 4. The molecule has 7 nitrogen and oxygen atoms in total. The Morgan fingerprint density at radius 1 is 1.00 bits per heavy atom. The van der Waals surface area contributed by atoms with Gasteiger partial charge in [-0.05, 0) is 18.2 Å². The Hall–Kier alpha value is -2.70. The van der Waals surface area contributed by atoms with E-state index in [1.807, 2.05) is 18.2 Å². The average Bonchev–Trinajstić information content (AvgIpc) is 2.29. The molecule has 2 rings (SSSR count). The number of nitrogen functional groups attached to an aromatic ring is 1. The van der Waals surface area contributed by atoms with Gasteiger partial charge in [0.05, 0.1) is 11.4 Å². The van der Waals surface area contributed by atoms with Gasteiger partial charge in [-0.25, -0.2) is 9.97 Å². The van der Waals surface area contributed by atoms with Gasteiger partial charge in [-0.2, -0.15) is 0 Å². The number of aromatic nitrogens is 3. The lowest BCUT2D eigenvalue weighted by atomic mass is 10.3. The van der Waals surface area contributed by atoms with Crippen LogP contribution in [-0.4, -0.2) is 20.9 Å². The molecule has 0 fully saturated rings. The van der Waals surface area contributed by atoms with Gasteiger partial charge in [-0.15, -0.1) is 0 Å². The van der Waals surface area contributed by atoms with Crippen molar-refractivity contribution in [1.82, 2.24) is 15.0 Å². The van der Waals surface area contributed by atoms with Crippen molar-refractivity contribution in [3.05, 3.63) is 36.7 Å². The number of anilines is 1. The largest absolute Gasteiger partial charge is 0.370 e. The summed E-state index contributed by atoms with van der Waals surface area (Å²) in [6, 6.07) is 7.41. The van der Waals surface area contributed by atoms with Crippen LogP contribution in [0.4, 0.5) is 5.95 Å². The van der Waals surface area contributed by atoms with Crippen LogP contribution in [0, 0.1) is 5.41 Å². The number of pyridine rings is 1. The predicted octanol–water partition coefficient (Wildman–Crippen LogP) is -0.0406. The van der Waals surface area contributed by atoms with Gasteiger partial charge in [-0.1, -0.05) is 6.07 Å². The minimum Gasteiger partial charge on any atom is -0.370 e. The summed E-state index contributed by atoms with van der Waals surface area (Å²) < 4.78 is 0. The molecular formula is C10H13N7. The van der Waals surface area contributed by atoms with Crippen molar-refractivity contribution in [3.63, 3.8) is 0 Å². The highest BCUT2D eigenvalue weighted by molar-refractivity contribution is 5.71. The van der Waals surface area contributed by atoms with Crippen LogP contribution in [0.2, 0.25) is 0 Å². The van der Waals surface area contributed by atoms with Crippen molar-refractivity contribution in [2.24, 2.45) is 11.5 Å². The molecule has 0 bridgehead atoms. The third-order valence-electron chi connectivity index (χ3n) is 1.60. The summed E-state index contributed by atoms with van der Waals surface area (Å²) in [6.07, 6.45) is 3.33. The Morgan fingerprint density at radius 3 is 2.24 bits per heavy atom. The molecule has 7 N–H and O–H groups in total. The van der Waals surface area contributed by atoms with Crippen LogP contribution in [0.25, 0.3) is 11.4 Å². The lowest BCUT2D eigenvalue weighted by molar-refractivity contribution is 1.17. The van der Waals surface area contributed by atoms with Crippen molar-refractivity contribution in [1.29, 1.82) is 5.41 Å². The van der Waals surface area contributed by atoms with Crippen molar-refractivity contribution in [2.75, 3.05) is 5.73 Å². The number of nitrogens with one attached hydrogen (secondary N) is 1. The van der Waals surface area contributed by atoms with Gasteiger partial charge in [0, 0.05) is 12.4 Å². The minimum absolute atomic E-state index is 0.267. The first kappa shape index (κ1) is 12.4. The van der Waals surface area contributed by atoms with Crippen LogP contribution < -0.4 is 17.2 Å². The predicted molar refractivity (Wildman–Crippen MR) is 65.8 cm³/mol. The lowest BCUT2D eigenvalue weighted by Crippen LogP contribution is -2.20. The van der Waals surface area contributed by atoms with E-state index in [9.17, 15) is 0 Å². The smallest absolute Gasteiger partial charge is 0.220 e. The van der Waals surface area contributed by atoms with Crippen molar-refractivity contribution in [2.45, 2.75) is 0 Å². The highest BCUT2D eigenvalue weighted by Crippen LogP contribution is 2.12. The highest BCUT2D eigenvalue weighted by atomic mass is 15.0. The third kappa shape index (κ3) is 4.56. The highest BCUT2D eigenvalue weighted by Gasteiger charge is 1.99. The number of nitrogens with zero attached hydrogens (tertiary/aromatic N) is 3. The molecule has 0 spiro atoms. The molecule has 0 unspecified atom stereocenters. The zero-order chi connectivity index (χ0) is 12.7. The topological polar surface area (TPSA) is 141 Å². The second kappa shape index (κ2) is 6.01. The number of guanidine groups is 1. The summed E-state index contributed by atoms with van der Waals surface area (Å²) in [5, 5.41) is 6.06. The fourth-order valence-electron chi connectivity index (χ4n) is 1.03. The molecule has 2 aromatic rings. The van der Waals surface area contributed by atoms with Crippen molar-refractivity contribution in [3.8, 4) is 11.4 Å². The molecule has 0 saturated carbocycles. The minimum atomic E-state index is -0.333. The zero-order valence-electron chi connectivity index (χ0n) is 9.04. The van der Waals surface area contributed by atoms with Gasteiger partial charge in [0.2, 0.25) is 5.95 Å². The third-order valence-corrected chi connectivity index (χ3v) is 1.60. The molecule has 0 aliphatic carbocycles. The molecule has 0 saturated heterocycles. The van der Waals surface area contributed by atoms with E-state index in [0.29, 0.717) is 0 Å². The molecule has 2 heterocycles. The van der Waals surface area contributed by atoms with Crippen LogP contribution in [0.5, 0.6) is 0 Å². The normalized spacial score (nSPS) is 8.94. The van der Waals surface area contributed by atoms with Gasteiger partial charge < -0.3 is 17.2 Å². The molecule has 0 aromatic carbocycles. The van der Waals surface area contributed by atoms with E-state index in [2.05, 4.69) is 26.4 Å². The van der Waals surface area contributed by atoms with Crippen LogP contribution in [0.1, 0.15) is 0 Å². The molecule has 2 aromatic heterocycles. The number of rotatable bonds is 1. The molecule has 7 heteroatoms. The van der Waals surface area contributed by atoms with Gasteiger partial charge in [0.1, 0.15) is 0 Å². The first-order valence-electron chi connectivity index (χ1n) is 4.69. The van der Waals surface area contributed by atoms with Crippen LogP contribution in [0.15, 0.2) is 36.7 Å². The van der Waals surface area contributed by atoms with Crippen LogP contribution in [-0.2, 0) is 0 Å². The Kier molecular flexibility index (Phi) is 4.37. The standard InChI is InChI=1S/C9H8N4.CH5N3/c10-9-12-6-4-8(13-9)7-3-1-2-5-11-7;2-1(3)4/h1-6H,(H2,10,12,13);(H5,2,3,4). The van der Waals surface area contributed by atoms with E-state index >= 15 is 0 Å². The maximum atomic E-state index is 6.06. The fraction of sp³-hybridized carbons (Fsp3) is 0. The van der Waals surface area contributed by atoms with Gasteiger partial charge in [0.25, 0.3) is 0 Å². The molecule has 0 radical (unpaired) electrons. The van der Waals surface area contributed by atoms with E-state index in [1.165, 1.54) is 0 Å². The van der Waals surface area contributed by atoms with E-state index in [4.69, 9.17) is 11.1 Å². The Labute approximate surface area is 98.2 Å². The second-order valence-electron chi connectivity index (χ2n) is 2.97. The summed E-state index contributed by atoms with van der Waals surface area (Å²) in [5.74, 6) is -0.0665. The molecule has 0 aliphatic rings. The number of nitrogens with two attached hydrogens (primary N) is 3. The summed E-state index contributed by atoms with van der Waals surface area (Å²) >= 11 is 0. The Balaban J connectivity index is 0.000000317. The SMILES string of the molecule is N=C(N)N.Nc1nccc(-c2ccccn2)n1. The number of hydrogen-bond acceptors (Lipinski definition) is 5. The maximum absolute atomic E-state index is 6.06. The van der Waals surface area contributed by atoms with Crippen LogP contribution >= 0.6 is 0 Å². The van der Waals surface area contributed by atoms with Crippen molar-refractivity contribution < 1.29 is 0 Å². The molecule has 0 amide bonds. The molecular weight excluding hydrogens is 218 g/mol. The lowest BCUT2D eigenvalue weighted by Gasteiger charge is -1.98. The van der Waals surface area contributed by atoms with E-state index < -0.39 is 0 Å².